The van der Waals surface area contributed by atoms with Gasteiger partial charge in [-0.1, -0.05) is 60.5 Å². The highest BCUT2D eigenvalue weighted by Crippen LogP contribution is 2.24. The molecular formula is C23H20Cl2N2O. The minimum absolute atomic E-state index is 0.447. The second kappa shape index (κ2) is 8.26. The van der Waals surface area contributed by atoms with Crippen LogP contribution < -0.4 is 4.74 Å². The highest BCUT2D eigenvalue weighted by Gasteiger charge is 2.09. The lowest BCUT2D eigenvalue weighted by Crippen LogP contribution is -2.04. The van der Waals surface area contributed by atoms with E-state index in [4.69, 9.17) is 32.9 Å². The fourth-order valence-electron chi connectivity index (χ4n) is 3.24. The van der Waals surface area contributed by atoms with Gasteiger partial charge in [0.05, 0.1) is 21.1 Å². The van der Waals surface area contributed by atoms with E-state index in [-0.39, 0.29) is 0 Å². The quantitative estimate of drug-likeness (QED) is 0.361. The van der Waals surface area contributed by atoms with Crippen LogP contribution in [-0.2, 0) is 19.6 Å². The normalized spacial score (nSPS) is 11.1. The Labute approximate surface area is 174 Å². The number of hydrogen-bond acceptors (Lipinski definition) is 2. The monoisotopic (exact) mass is 410 g/mol. The van der Waals surface area contributed by atoms with Crippen LogP contribution in [0.2, 0.25) is 10.0 Å². The van der Waals surface area contributed by atoms with Gasteiger partial charge in [0, 0.05) is 13.0 Å². The Bertz CT molecular complexity index is 1100. The van der Waals surface area contributed by atoms with Crippen molar-refractivity contribution in [3.05, 3.63) is 93.7 Å². The highest BCUT2D eigenvalue weighted by atomic mass is 35.5. The minimum Gasteiger partial charge on any atom is -0.489 e. The molecule has 5 heteroatoms. The second-order valence-electron chi connectivity index (χ2n) is 6.64. The summed E-state index contributed by atoms with van der Waals surface area (Å²) in [6.45, 7) is 3.37. The van der Waals surface area contributed by atoms with Crippen molar-refractivity contribution in [3.8, 4) is 5.75 Å². The molecule has 0 radical (unpaired) electrons. The van der Waals surface area contributed by atoms with E-state index < -0.39 is 0 Å². The molecule has 0 fully saturated rings. The van der Waals surface area contributed by atoms with Crippen molar-refractivity contribution >= 4 is 34.2 Å². The predicted octanol–water partition coefficient (Wildman–Crippen LogP) is 6.53. The number of rotatable bonds is 6. The molecule has 0 amide bonds. The molecule has 1 heterocycles. The topological polar surface area (TPSA) is 27.1 Å². The largest absolute Gasteiger partial charge is 0.489 e. The van der Waals surface area contributed by atoms with Gasteiger partial charge in [-0.3, -0.25) is 0 Å². The first kappa shape index (κ1) is 18.9. The van der Waals surface area contributed by atoms with Gasteiger partial charge in [-0.15, -0.1) is 0 Å². The first-order valence-corrected chi connectivity index (χ1v) is 9.99. The third-order valence-corrected chi connectivity index (χ3v) is 5.44. The number of benzene rings is 3. The van der Waals surface area contributed by atoms with Crippen LogP contribution in [0, 0.1) is 0 Å². The van der Waals surface area contributed by atoms with Crippen LogP contribution in [0.25, 0.3) is 11.0 Å². The molecule has 0 aliphatic rings. The van der Waals surface area contributed by atoms with Crippen LogP contribution in [0.3, 0.4) is 0 Å². The van der Waals surface area contributed by atoms with Crippen molar-refractivity contribution in [2.75, 3.05) is 0 Å². The number of nitrogens with zero attached hydrogens (tertiary/aromatic N) is 2. The molecule has 4 aromatic rings. The summed E-state index contributed by atoms with van der Waals surface area (Å²) in [5.41, 5.74) is 4.40. The van der Waals surface area contributed by atoms with Crippen LogP contribution in [0.15, 0.2) is 66.7 Å². The Balaban J connectivity index is 1.47. The molecule has 28 heavy (non-hydrogen) atoms. The van der Waals surface area contributed by atoms with E-state index in [0.29, 0.717) is 16.7 Å². The average Bonchev–Trinajstić information content (AvgIpc) is 3.07. The summed E-state index contributed by atoms with van der Waals surface area (Å²) in [6, 6.07) is 22.0. The van der Waals surface area contributed by atoms with E-state index in [1.807, 2.05) is 30.3 Å². The zero-order chi connectivity index (χ0) is 19.5. The summed E-state index contributed by atoms with van der Waals surface area (Å²) in [7, 11) is 0. The molecule has 0 atom stereocenters. The molecule has 0 aliphatic heterocycles. The Hall–Kier alpha value is -2.49. The maximum absolute atomic E-state index is 6.06. The van der Waals surface area contributed by atoms with Gasteiger partial charge >= 0.3 is 0 Å². The van der Waals surface area contributed by atoms with Gasteiger partial charge < -0.3 is 9.30 Å². The Morgan fingerprint density at radius 1 is 0.893 bits per heavy atom. The van der Waals surface area contributed by atoms with Gasteiger partial charge in [-0.2, -0.15) is 0 Å². The van der Waals surface area contributed by atoms with E-state index in [0.717, 1.165) is 35.6 Å². The minimum atomic E-state index is 0.447. The lowest BCUT2D eigenvalue weighted by Gasteiger charge is -2.10. The van der Waals surface area contributed by atoms with E-state index in [9.17, 15) is 0 Å². The lowest BCUT2D eigenvalue weighted by atomic mass is 10.2. The summed E-state index contributed by atoms with van der Waals surface area (Å²) in [6.07, 6.45) is 0.902. The molecule has 0 unspecified atom stereocenters. The second-order valence-corrected chi connectivity index (χ2v) is 7.45. The molecule has 0 spiro atoms. The first-order valence-electron chi connectivity index (χ1n) is 9.24. The zero-order valence-electron chi connectivity index (χ0n) is 15.5. The van der Waals surface area contributed by atoms with Gasteiger partial charge in [0.15, 0.2) is 0 Å². The standard InChI is InChI=1S/C23H20Cl2N2O/c1-2-23-26-21-5-3-4-6-22(21)27(23)14-16-7-10-18(11-8-16)28-15-17-9-12-19(24)20(25)13-17/h3-13H,2,14-15H2,1H3. The van der Waals surface area contributed by atoms with Crippen molar-refractivity contribution in [2.45, 2.75) is 26.5 Å². The molecule has 1 aromatic heterocycles. The Kier molecular flexibility index (Phi) is 5.56. The van der Waals surface area contributed by atoms with Crippen LogP contribution in [0.4, 0.5) is 0 Å². The SMILES string of the molecule is CCc1nc2ccccc2n1Cc1ccc(OCc2ccc(Cl)c(Cl)c2)cc1. The van der Waals surface area contributed by atoms with Gasteiger partial charge in [-0.25, -0.2) is 4.98 Å². The first-order chi connectivity index (χ1) is 13.6. The molecule has 3 nitrogen and oxygen atoms in total. The van der Waals surface area contributed by atoms with Crippen LogP contribution in [0.1, 0.15) is 23.9 Å². The van der Waals surface area contributed by atoms with Crippen molar-refractivity contribution in [1.29, 1.82) is 0 Å². The van der Waals surface area contributed by atoms with Crippen molar-refractivity contribution < 1.29 is 4.74 Å². The Morgan fingerprint density at radius 2 is 1.64 bits per heavy atom. The molecule has 4 rings (SSSR count). The van der Waals surface area contributed by atoms with Crippen LogP contribution in [-0.4, -0.2) is 9.55 Å². The maximum atomic E-state index is 6.06. The summed E-state index contributed by atoms with van der Waals surface area (Å²) in [4.78, 5) is 4.74. The lowest BCUT2D eigenvalue weighted by molar-refractivity contribution is 0.306. The number of halogens is 2. The molecule has 0 aliphatic carbocycles. The molecule has 142 valence electrons. The number of ether oxygens (including phenoxy) is 1. The molecular weight excluding hydrogens is 391 g/mol. The number of aromatic nitrogens is 2. The highest BCUT2D eigenvalue weighted by molar-refractivity contribution is 6.42. The van der Waals surface area contributed by atoms with Crippen molar-refractivity contribution in [3.63, 3.8) is 0 Å². The number of para-hydroxylation sites is 2. The summed E-state index contributed by atoms with van der Waals surface area (Å²) >= 11 is 12.0. The average molecular weight is 411 g/mol. The van der Waals surface area contributed by atoms with Gasteiger partial charge in [0.2, 0.25) is 0 Å². The summed E-state index contributed by atoms with van der Waals surface area (Å²) in [5.74, 6) is 1.92. The third-order valence-electron chi connectivity index (χ3n) is 4.70. The smallest absolute Gasteiger partial charge is 0.119 e. The number of aryl methyl sites for hydroxylation is 1. The van der Waals surface area contributed by atoms with Crippen LogP contribution >= 0.6 is 23.2 Å². The number of imidazole rings is 1. The van der Waals surface area contributed by atoms with Crippen molar-refractivity contribution in [2.24, 2.45) is 0 Å². The van der Waals surface area contributed by atoms with Gasteiger partial charge in [0.25, 0.3) is 0 Å². The van der Waals surface area contributed by atoms with E-state index in [1.165, 1.54) is 11.1 Å². The Morgan fingerprint density at radius 3 is 2.39 bits per heavy atom. The van der Waals surface area contributed by atoms with Gasteiger partial charge in [-0.05, 0) is 47.5 Å². The van der Waals surface area contributed by atoms with Gasteiger partial charge in [0.1, 0.15) is 18.2 Å². The van der Waals surface area contributed by atoms with Crippen LogP contribution in [0.5, 0.6) is 5.75 Å². The summed E-state index contributed by atoms with van der Waals surface area (Å²) < 4.78 is 8.15. The van der Waals surface area contributed by atoms with E-state index in [2.05, 4.69) is 41.8 Å². The van der Waals surface area contributed by atoms with Crippen molar-refractivity contribution in [1.82, 2.24) is 9.55 Å². The third kappa shape index (κ3) is 4.01. The molecule has 0 saturated carbocycles. The number of fused-ring (bicyclic) bond motifs is 1. The zero-order valence-corrected chi connectivity index (χ0v) is 17.0. The van der Waals surface area contributed by atoms with E-state index >= 15 is 0 Å². The number of hydrogen-bond donors (Lipinski definition) is 0. The molecule has 0 saturated heterocycles. The molecule has 0 N–H and O–H groups in total. The fraction of sp³-hybridized carbons (Fsp3) is 0.174. The molecule has 0 bridgehead atoms. The molecule has 3 aromatic carbocycles. The fourth-order valence-corrected chi connectivity index (χ4v) is 3.56. The maximum Gasteiger partial charge on any atom is 0.119 e. The summed E-state index contributed by atoms with van der Waals surface area (Å²) in [5, 5.41) is 1.09. The van der Waals surface area contributed by atoms with E-state index in [1.54, 1.807) is 6.07 Å². The predicted molar refractivity (Wildman–Crippen MR) is 115 cm³/mol.